The van der Waals surface area contributed by atoms with E-state index in [1.807, 2.05) is 6.92 Å². The van der Waals surface area contributed by atoms with Crippen molar-refractivity contribution in [2.75, 3.05) is 5.73 Å². The molecule has 0 bridgehead atoms. The van der Waals surface area contributed by atoms with Gasteiger partial charge in [-0.1, -0.05) is 48.4 Å². The number of carbonyl (C=O) groups excluding carboxylic acids is 1. The number of nitrogens with two attached hydrogens (primary N) is 1. The predicted octanol–water partition coefficient (Wildman–Crippen LogP) is 3.32. The Labute approximate surface area is 203 Å². The third-order valence-corrected chi connectivity index (χ3v) is 5.24. The van der Waals surface area contributed by atoms with Crippen molar-refractivity contribution in [2.45, 2.75) is 26.4 Å². The van der Waals surface area contributed by atoms with Crippen LogP contribution in [0.2, 0.25) is 5.02 Å². The quantitative estimate of drug-likeness (QED) is 0.264. The lowest BCUT2D eigenvalue weighted by Gasteiger charge is -2.10. The second-order valence-electron chi connectivity index (χ2n) is 7.25. The van der Waals surface area contributed by atoms with E-state index >= 15 is 0 Å². The van der Waals surface area contributed by atoms with Crippen molar-refractivity contribution in [3.05, 3.63) is 75.8 Å². The Balaban J connectivity index is 1.48. The standard InChI is InChI=1S/C22H20ClFN8O3/c1-2-6-17-19(27-31-32(17)21-20(25)29-35-30-21)22(33)28-26-11-13-7-3-4-10-18(13)34-12-14-15(23)8-5-9-16(14)24/h3-5,7-11H,2,6,12H2,1H3,(H2,25,29)(H,28,33). The summed E-state index contributed by atoms with van der Waals surface area (Å²) in [5.74, 6) is -0.455. The summed E-state index contributed by atoms with van der Waals surface area (Å²) >= 11 is 6.06. The minimum atomic E-state index is -0.581. The first-order valence-corrected chi connectivity index (χ1v) is 10.9. The lowest BCUT2D eigenvalue weighted by molar-refractivity contribution is 0.0949. The summed E-state index contributed by atoms with van der Waals surface area (Å²) in [6, 6.07) is 11.4. The molecule has 2 heterocycles. The van der Waals surface area contributed by atoms with Crippen LogP contribution in [0.15, 0.2) is 52.2 Å². The number of halogens is 2. The highest BCUT2D eigenvalue weighted by Gasteiger charge is 2.23. The normalized spacial score (nSPS) is 11.2. The second kappa shape index (κ2) is 10.7. The lowest BCUT2D eigenvalue weighted by atomic mass is 10.2. The zero-order chi connectivity index (χ0) is 24.8. The zero-order valence-corrected chi connectivity index (χ0v) is 19.2. The van der Waals surface area contributed by atoms with E-state index in [4.69, 9.17) is 22.1 Å². The molecule has 0 saturated heterocycles. The number of ether oxygens (including phenoxy) is 1. The molecule has 0 aliphatic heterocycles. The summed E-state index contributed by atoms with van der Waals surface area (Å²) in [7, 11) is 0. The number of benzene rings is 2. The Morgan fingerprint density at radius 2 is 2.11 bits per heavy atom. The molecular weight excluding hydrogens is 479 g/mol. The van der Waals surface area contributed by atoms with Gasteiger partial charge in [0.05, 0.1) is 16.9 Å². The number of nitrogen functional groups attached to an aromatic ring is 1. The molecular formula is C22H20ClFN8O3. The number of nitrogens with one attached hydrogen (secondary N) is 1. The van der Waals surface area contributed by atoms with Gasteiger partial charge in [-0.2, -0.15) is 9.78 Å². The molecule has 4 aromatic rings. The van der Waals surface area contributed by atoms with Gasteiger partial charge < -0.3 is 10.5 Å². The number of rotatable bonds is 9. The number of anilines is 1. The number of hydrogen-bond donors (Lipinski definition) is 2. The first-order valence-electron chi connectivity index (χ1n) is 10.5. The molecule has 0 radical (unpaired) electrons. The monoisotopic (exact) mass is 498 g/mol. The molecule has 1 amide bonds. The smallest absolute Gasteiger partial charge is 0.293 e. The fraction of sp³-hybridized carbons (Fsp3) is 0.182. The number of para-hydroxylation sites is 1. The Hall–Kier alpha value is -4.32. The molecule has 2 aromatic carbocycles. The van der Waals surface area contributed by atoms with Crippen LogP contribution in [0.3, 0.4) is 0 Å². The van der Waals surface area contributed by atoms with Crippen LogP contribution in [0.25, 0.3) is 5.82 Å². The number of carbonyl (C=O) groups is 1. The van der Waals surface area contributed by atoms with Crippen LogP contribution in [0.5, 0.6) is 5.75 Å². The maximum Gasteiger partial charge on any atom is 0.293 e. The maximum absolute atomic E-state index is 14.0. The molecule has 0 aliphatic carbocycles. The molecule has 0 unspecified atom stereocenters. The molecule has 0 atom stereocenters. The SMILES string of the molecule is CCCc1c(C(=O)NN=Cc2ccccc2OCc2c(F)cccc2Cl)nnn1-c1nonc1N. The van der Waals surface area contributed by atoms with Gasteiger partial charge in [-0.05, 0) is 41.0 Å². The van der Waals surface area contributed by atoms with Crippen LogP contribution >= 0.6 is 11.6 Å². The molecule has 4 rings (SSSR count). The molecule has 0 fully saturated rings. The van der Waals surface area contributed by atoms with Crippen molar-refractivity contribution in [2.24, 2.45) is 5.10 Å². The van der Waals surface area contributed by atoms with Gasteiger partial charge in [-0.15, -0.1) is 5.10 Å². The van der Waals surface area contributed by atoms with Crippen LogP contribution in [-0.4, -0.2) is 37.4 Å². The Morgan fingerprint density at radius 3 is 2.86 bits per heavy atom. The van der Waals surface area contributed by atoms with Gasteiger partial charge >= 0.3 is 0 Å². The van der Waals surface area contributed by atoms with E-state index in [1.54, 1.807) is 30.3 Å². The number of hydrogen-bond acceptors (Lipinski definition) is 9. The van der Waals surface area contributed by atoms with Crippen LogP contribution in [-0.2, 0) is 13.0 Å². The second-order valence-corrected chi connectivity index (χ2v) is 7.65. The summed E-state index contributed by atoms with van der Waals surface area (Å²) in [4.78, 5) is 12.7. The van der Waals surface area contributed by atoms with Crippen molar-refractivity contribution >= 4 is 29.5 Å². The zero-order valence-electron chi connectivity index (χ0n) is 18.5. The summed E-state index contributed by atoms with van der Waals surface area (Å²) in [5, 5.41) is 19.4. The van der Waals surface area contributed by atoms with Crippen LogP contribution in [0.1, 0.15) is 40.7 Å². The van der Waals surface area contributed by atoms with Crippen molar-refractivity contribution in [1.29, 1.82) is 0 Å². The minimum absolute atomic E-state index is 0.0190. The van der Waals surface area contributed by atoms with Crippen LogP contribution < -0.4 is 15.9 Å². The molecule has 35 heavy (non-hydrogen) atoms. The van der Waals surface area contributed by atoms with E-state index in [2.05, 4.69) is 35.8 Å². The first kappa shape index (κ1) is 23.8. The topological polar surface area (TPSA) is 146 Å². The molecule has 0 saturated carbocycles. The summed E-state index contributed by atoms with van der Waals surface area (Å²) in [6.45, 7) is 1.86. The first-order chi connectivity index (χ1) is 17.0. The Morgan fingerprint density at radius 1 is 1.29 bits per heavy atom. The third-order valence-electron chi connectivity index (χ3n) is 4.88. The van der Waals surface area contributed by atoms with E-state index in [-0.39, 0.29) is 34.5 Å². The highest BCUT2D eigenvalue weighted by molar-refractivity contribution is 6.31. The summed E-state index contributed by atoms with van der Waals surface area (Å²) in [5.41, 5.74) is 9.50. The van der Waals surface area contributed by atoms with Crippen molar-refractivity contribution < 1.29 is 18.6 Å². The molecule has 13 heteroatoms. The Kier molecular flexibility index (Phi) is 7.31. The fourth-order valence-electron chi connectivity index (χ4n) is 3.20. The number of hydrazone groups is 1. The van der Waals surface area contributed by atoms with Crippen LogP contribution in [0, 0.1) is 5.82 Å². The average molecular weight is 499 g/mol. The average Bonchev–Trinajstić information content (AvgIpc) is 3.45. The third kappa shape index (κ3) is 5.27. The summed E-state index contributed by atoms with van der Waals surface area (Å²) in [6.07, 6.45) is 2.58. The fourth-order valence-corrected chi connectivity index (χ4v) is 3.42. The van der Waals surface area contributed by atoms with E-state index in [9.17, 15) is 9.18 Å². The van der Waals surface area contributed by atoms with E-state index in [0.29, 0.717) is 29.8 Å². The van der Waals surface area contributed by atoms with Crippen molar-refractivity contribution in [1.82, 2.24) is 30.7 Å². The van der Waals surface area contributed by atoms with Gasteiger partial charge in [-0.3, -0.25) is 4.79 Å². The molecule has 0 aliphatic rings. The number of nitrogens with zero attached hydrogens (tertiary/aromatic N) is 6. The highest BCUT2D eigenvalue weighted by Crippen LogP contribution is 2.23. The lowest BCUT2D eigenvalue weighted by Crippen LogP contribution is -2.20. The Bertz CT molecular complexity index is 1350. The molecule has 2 aromatic heterocycles. The molecule has 11 nitrogen and oxygen atoms in total. The van der Waals surface area contributed by atoms with Gasteiger partial charge in [0.15, 0.2) is 5.69 Å². The number of aromatic nitrogens is 5. The highest BCUT2D eigenvalue weighted by atomic mass is 35.5. The van der Waals surface area contributed by atoms with Gasteiger partial charge in [0, 0.05) is 11.1 Å². The van der Waals surface area contributed by atoms with Crippen molar-refractivity contribution in [3.63, 3.8) is 0 Å². The van der Waals surface area contributed by atoms with Gasteiger partial charge in [-0.25, -0.2) is 14.4 Å². The van der Waals surface area contributed by atoms with E-state index in [0.717, 1.165) is 0 Å². The van der Waals surface area contributed by atoms with Gasteiger partial charge in [0.1, 0.15) is 18.2 Å². The maximum atomic E-state index is 14.0. The van der Waals surface area contributed by atoms with E-state index in [1.165, 1.54) is 23.0 Å². The predicted molar refractivity (Wildman–Crippen MR) is 125 cm³/mol. The van der Waals surface area contributed by atoms with Gasteiger partial charge in [0.25, 0.3) is 5.91 Å². The van der Waals surface area contributed by atoms with Gasteiger partial charge in [0.2, 0.25) is 11.6 Å². The molecule has 180 valence electrons. The van der Waals surface area contributed by atoms with Crippen molar-refractivity contribution in [3.8, 4) is 11.6 Å². The largest absolute Gasteiger partial charge is 0.488 e. The molecule has 0 spiro atoms. The summed E-state index contributed by atoms with van der Waals surface area (Å²) < 4.78 is 25.7. The molecule has 3 N–H and O–H groups in total. The van der Waals surface area contributed by atoms with E-state index < -0.39 is 11.7 Å². The number of amides is 1. The van der Waals surface area contributed by atoms with Crippen LogP contribution in [0.4, 0.5) is 10.2 Å². The minimum Gasteiger partial charge on any atom is -0.488 e.